The van der Waals surface area contributed by atoms with Crippen LogP contribution < -0.4 is 4.74 Å². The molecule has 0 radical (unpaired) electrons. The predicted molar refractivity (Wildman–Crippen MR) is 98.4 cm³/mol. The Morgan fingerprint density at radius 2 is 1.59 bits per heavy atom. The van der Waals surface area contributed by atoms with Gasteiger partial charge in [0.15, 0.2) is 12.4 Å². The lowest BCUT2D eigenvalue weighted by Crippen LogP contribution is -2.15. The summed E-state index contributed by atoms with van der Waals surface area (Å²) in [5, 5.41) is 0. The molecule has 0 fully saturated rings. The van der Waals surface area contributed by atoms with E-state index in [1.165, 1.54) is 0 Å². The number of esters is 2. The van der Waals surface area contributed by atoms with Crippen LogP contribution in [-0.2, 0) is 9.47 Å². The van der Waals surface area contributed by atoms with Gasteiger partial charge in [-0.1, -0.05) is 0 Å². The van der Waals surface area contributed by atoms with E-state index < -0.39 is 18.5 Å². The van der Waals surface area contributed by atoms with E-state index in [0.717, 1.165) is 0 Å². The maximum absolute atomic E-state index is 12.4. The number of carbonyl (C=O) groups is 3. The quantitative estimate of drug-likeness (QED) is 0.564. The number of aromatic nitrogens is 1. The fourth-order valence-corrected chi connectivity index (χ4v) is 2.65. The molecule has 0 aliphatic heterocycles. The van der Waals surface area contributed by atoms with Gasteiger partial charge in [-0.15, -0.1) is 0 Å². The molecular weight excluding hydrogens is 350 g/mol. The van der Waals surface area contributed by atoms with Crippen LogP contribution in [0, 0.1) is 13.8 Å². The van der Waals surface area contributed by atoms with Crippen molar-refractivity contribution in [3.8, 4) is 5.75 Å². The molecule has 7 heteroatoms. The number of hydrogen-bond acceptors (Lipinski definition) is 6. The lowest BCUT2D eigenvalue weighted by Gasteiger charge is -2.07. The second-order valence-electron chi connectivity index (χ2n) is 5.80. The van der Waals surface area contributed by atoms with Gasteiger partial charge in [0.2, 0.25) is 0 Å². The first kappa shape index (κ1) is 20.2. The molecular formula is C20H23NO6. The van der Waals surface area contributed by atoms with E-state index in [-0.39, 0.29) is 23.6 Å². The van der Waals surface area contributed by atoms with Gasteiger partial charge in [0.05, 0.1) is 18.8 Å². The van der Waals surface area contributed by atoms with Crippen molar-refractivity contribution in [3.05, 3.63) is 52.3 Å². The summed E-state index contributed by atoms with van der Waals surface area (Å²) in [6, 6.07) is 6.61. The number of nitrogens with one attached hydrogen (secondary N) is 1. The summed E-state index contributed by atoms with van der Waals surface area (Å²) in [6.07, 6.45) is 0. The largest absolute Gasteiger partial charge is 0.494 e. The van der Waals surface area contributed by atoms with Gasteiger partial charge in [0.1, 0.15) is 11.4 Å². The highest BCUT2D eigenvalue weighted by atomic mass is 16.5. The monoisotopic (exact) mass is 373 g/mol. The average Bonchev–Trinajstić information content (AvgIpc) is 2.95. The van der Waals surface area contributed by atoms with Crippen molar-refractivity contribution in [2.45, 2.75) is 27.7 Å². The standard InChI is InChI=1S/C20H23NO6/c1-5-25-15-9-7-14(8-10-15)16(22)11-27-19(23)17-12(3)18(21-13(17)4)20(24)26-6-2/h7-10,21H,5-6,11H2,1-4H3. The van der Waals surface area contributed by atoms with Crippen LogP contribution in [0.1, 0.15) is 56.3 Å². The fourth-order valence-electron chi connectivity index (χ4n) is 2.65. The minimum absolute atomic E-state index is 0.208. The molecule has 2 rings (SSSR count). The van der Waals surface area contributed by atoms with Gasteiger partial charge in [-0.2, -0.15) is 0 Å². The van der Waals surface area contributed by atoms with E-state index in [2.05, 4.69) is 4.98 Å². The Bertz CT molecular complexity index is 835. The van der Waals surface area contributed by atoms with Crippen molar-refractivity contribution >= 4 is 17.7 Å². The normalized spacial score (nSPS) is 10.4. The third-order valence-electron chi connectivity index (χ3n) is 3.94. The van der Waals surface area contributed by atoms with E-state index in [9.17, 15) is 14.4 Å². The molecule has 1 aromatic carbocycles. The highest BCUT2D eigenvalue weighted by Gasteiger charge is 2.24. The van der Waals surface area contributed by atoms with E-state index in [4.69, 9.17) is 14.2 Å². The Morgan fingerprint density at radius 1 is 0.926 bits per heavy atom. The highest BCUT2D eigenvalue weighted by molar-refractivity contribution is 6.01. The van der Waals surface area contributed by atoms with Crippen molar-refractivity contribution in [1.29, 1.82) is 0 Å². The number of Topliss-reactive ketones (excluding diaryl/α,β-unsaturated/α-hetero) is 1. The topological polar surface area (TPSA) is 94.7 Å². The number of ketones is 1. The lowest BCUT2D eigenvalue weighted by atomic mass is 10.1. The Hall–Kier alpha value is -3.09. The Kier molecular flexibility index (Phi) is 6.76. The van der Waals surface area contributed by atoms with Gasteiger partial charge >= 0.3 is 11.9 Å². The molecule has 0 saturated carbocycles. The van der Waals surface area contributed by atoms with Crippen LogP contribution in [0.5, 0.6) is 5.75 Å². The number of hydrogen-bond donors (Lipinski definition) is 1. The number of rotatable bonds is 8. The maximum Gasteiger partial charge on any atom is 0.355 e. The van der Waals surface area contributed by atoms with E-state index in [1.807, 2.05) is 6.92 Å². The van der Waals surface area contributed by atoms with Crippen molar-refractivity contribution in [2.24, 2.45) is 0 Å². The van der Waals surface area contributed by atoms with Crippen molar-refractivity contribution in [1.82, 2.24) is 4.98 Å². The van der Waals surface area contributed by atoms with Crippen LogP contribution in [0.15, 0.2) is 24.3 Å². The number of carbonyl (C=O) groups excluding carboxylic acids is 3. The van der Waals surface area contributed by atoms with Gasteiger partial charge in [0, 0.05) is 11.3 Å². The fraction of sp³-hybridized carbons (Fsp3) is 0.350. The summed E-state index contributed by atoms with van der Waals surface area (Å²) >= 11 is 0. The molecule has 1 aromatic heterocycles. The molecule has 0 bridgehead atoms. The minimum atomic E-state index is -0.670. The Morgan fingerprint density at radius 3 is 2.19 bits per heavy atom. The molecule has 0 unspecified atom stereocenters. The molecule has 0 aliphatic rings. The molecule has 1 heterocycles. The minimum Gasteiger partial charge on any atom is -0.494 e. The zero-order valence-electron chi connectivity index (χ0n) is 15.9. The number of aryl methyl sites for hydroxylation is 1. The van der Waals surface area contributed by atoms with Crippen LogP contribution in [0.3, 0.4) is 0 Å². The number of benzene rings is 1. The van der Waals surface area contributed by atoms with Gasteiger partial charge in [-0.05, 0) is 57.5 Å². The van der Waals surface area contributed by atoms with Crippen molar-refractivity contribution < 1.29 is 28.6 Å². The SMILES string of the molecule is CCOC(=O)c1[nH]c(C)c(C(=O)OCC(=O)c2ccc(OCC)cc2)c1C. The zero-order valence-corrected chi connectivity index (χ0v) is 15.9. The lowest BCUT2D eigenvalue weighted by molar-refractivity contribution is 0.0473. The third-order valence-corrected chi connectivity index (χ3v) is 3.94. The second kappa shape index (κ2) is 9.02. The highest BCUT2D eigenvalue weighted by Crippen LogP contribution is 2.20. The number of ether oxygens (including phenoxy) is 3. The van der Waals surface area contributed by atoms with Gasteiger partial charge in [-0.3, -0.25) is 4.79 Å². The predicted octanol–water partition coefficient (Wildman–Crippen LogP) is 3.25. The summed E-state index contributed by atoms with van der Waals surface area (Å²) in [6.45, 7) is 7.22. The van der Waals surface area contributed by atoms with Crippen LogP contribution >= 0.6 is 0 Å². The van der Waals surface area contributed by atoms with E-state index in [1.54, 1.807) is 45.0 Å². The summed E-state index contributed by atoms with van der Waals surface area (Å²) in [4.78, 5) is 39.4. The molecule has 0 aliphatic carbocycles. The van der Waals surface area contributed by atoms with Gasteiger partial charge in [0.25, 0.3) is 0 Å². The summed E-state index contributed by atoms with van der Waals surface area (Å²) in [5.74, 6) is -0.877. The summed E-state index contributed by atoms with van der Waals surface area (Å²) < 4.78 is 15.4. The molecule has 0 amide bonds. The first-order valence-corrected chi connectivity index (χ1v) is 8.68. The number of aromatic amines is 1. The molecule has 27 heavy (non-hydrogen) atoms. The molecule has 0 spiro atoms. The van der Waals surface area contributed by atoms with Crippen LogP contribution in [-0.4, -0.2) is 42.5 Å². The smallest absolute Gasteiger partial charge is 0.355 e. The van der Waals surface area contributed by atoms with Crippen LogP contribution in [0.25, 0.3) is 0 Å². The summed E-state index contributed by atoms with van der Waals surface area (Å²) in [7, 11) is 0. The van der Waals surface area contributed by atoms with Crippen molar-refractivity contribution in [3.63, 3.8) is 0 Å². The molecule has 0 atom stereocenters. The molecule has 7 nitrogen and oxygen atoms in total. The van der Waals surface area contributed by atoms with E-state index in [0.29, 0.717) is 29.2 Å². The Labute approximate surface area is 157 Å². The first-order chi connectivity index (χ1) is 12.9. The molecule has 0 saturated heterocycles. The summed E-state index contributed by atoms with van der Waals surface area (Å²) in [5.41, 5.74) is 1.77. The maximum atomic E-state index is 12.4. The Balaban J connectivity index is 2.05. The van der Waals surface area contributed by atoms with Crippen molar-refractivity contribution in [2.75, 3.05) is 19.8 Å². The van der Waals surface area contributed by atoms with Gasteiger partial charge < -0.3 is 19.2 Å². The molecule has 144 valence electrons. The number of H-pyrrole nitrogens is 1. The average molecular weight is 373 g/mol. The molecule has 1 N–H and O–H groups in total. The van der Waals surface area contributed by atoms with Gasteiger partial charge in [-0.25, -0.2) is 9.59 Å². The van der Waals surface area contributed by atoms with Crippen LogP contribution in [0.4, 0.5) is 0 Å². The third kappa shape index (κ3) is 4.75. The second-order valence-corrected chi connectivity index (χ2v) is 5.80. The van der Waals surface area contributed by atoms with E-state index >= 15 is 0 Å². The zero-order chi connectivity index (χ0) is 20.0. The first-order valence-electron chi connectivity index (χ1n) is 8.68. The van der Waals surface area contributed by atoms with Crippen LogP contribution in [0.2, 0.25) is 0 Å². The molecule has 2 aromatic rings.